The van der Waals surface area contributed by atoms with E-state index < -0.39 is 0 Å². The Balaban J connectivity index is 1.86. The molecular weight excluding hydrogens is 402 g/mol. The fourth-order valence-corrected chi connectivity index (χ4v) is 5.01. The molecule has 3 heterocycles. The van der Waals surface area contributed by atoms with E-state index in [-0.39, 0.29) is 12.1 Å². The lowest BCUT2D eigenvalue weighted by atomic mass is 9.93. The Morgan fingerprint density at radius 2 is 1.71 bits per heavy atom. The van der Waals surface area contributed by atoms with Crippen molar-refractivity contribution in [3.63, 3.8) is 0 Å². The largest absolute Gasteiger partial charge is 0.352 e. The van der Waals surface area contributed by atoms with E-state index in [9.17, 15) is 0 Å². The predicted octanol–water partition coefficient (Wildman–Crippen LogP) is 4.33. The van der Waals surface area contributed by atoms with Crippen molar-refractivity contribution in [3.05, 3.63) is 82.9 Å². The summed E-state index contributed by atoms with van der Waals surface area (Å²) in [6, 6.07) is 16.8. The minimum atomic E-state index is 0.0132. The van der Waals surface area contributed by atoms with Gasteiger partial charge in [0.25, 0.3) is 0 Å². The lowest BCUT2D eigenvalue weighted by Gasteiger charge is -2.29. The second kappa shape index (κ2) is 8.81. The fraction of sp³-hybridized carbons (Fsp3) is 0.360. The average Bonchev–Trinajstić information content (AvgIpc) is 3.20. The molecule has 0 amide bonds. The first-order chi connectivity index (χ1) is 14.9. The van der Waals surface area contributed by atoms with E-state index in [0.29, 0.717) is 0 Å². The molecular formula is C25H31N5S. The highest BCUT2D eigenvalue weighted by atomic mass is 32.1. The number of nitrogens with zero attached hydrogens (tertiary/aromatic N) is 4. The molecule has 3 aromatic rings. The average molecular weight is 434 g/mol. The van der Waals surface area contributed by atoms with Crippen LogP contribution < -0.4 is 5.32 Å². The Bertz CT molecular complexity index is 1060. The number of hydrogen-bond donors (Lipinski definition) is 1. The second-order valence-corrected chi connectivity index (χ2v) is 8.89. The molecule has 1 aliphatic rings. The molecule has 1 aromatic carbocycles. The van der Waals surface area contributed by atoms with Crippen LogP contribution in [0.1, 0.15) is 40.3 Å². The minimum absolute atomic E-state index is 0.0132. The normalized spacial score (nSPS) is 18.6. The zero-order valence-electron chi connectivity index (χ0n) is 19.0. The molecule has 1 N–H and O–H groups in total. The van der Waals surface area contributed by atoms with Crippen LogP contribution in [0.3, 0.4) is 0 Å². The number of likely N-dealkylation sites (N-methyl/N-ethyl adjacent to an activating group) is 1. The lowest BCUT2D eigenvalue weighted by Crippen LogP contribution is -2.35. The number of nitrogens with one attached hydrogen (secondary N) is 1. The number of benzene rings is 1. The third-order valence-electron chi connectivity index (χ3n) is 6.30. The standard InChI is InChI=1S/C25H31N5S/c1-17-18(2)30(20-11-7-6-8-12-20)19(3)22(17)24-23(21-13-9-10-14-26-21)27-25(31)29(24)16-15-28(4)5/h6-14,23-24H,15-16H2,1-5H3,(H,27,31)/t23-,24-/m1/s1. The summed E-state index contributed by atoms with van der Waals surface area (Å²) in [5, 5.41) is 4.38. The van der Waals surface area contributed by atoms with Crippen molar-refractivity contribution >= 4 is 17.3 Å². The van der Waals surface area contributed by atoms with Crippen molar-refractivity contribution in [2.24, 2.45) is 0 Å². The molecule has 4 rings (SSSR count). The van der Waals surface area contributed by atoms with Crippen LogP contribution >= 0.6 is 12.2 Å². The van der Waals surface area contributed by atoms with Crippen molar-refractivity contribution in [1.82, 2.24) is 24.7 Å². The summed E-state index contributed by atoms with van der Waals surface area (Å²) in [6.07, 6.45) is 1.86. The van der Waals surface area contributed by atoms with Gasteiger partial charge in [0.2, 0.25) is 0 Å². The molecule has 2 atom stereocenters. The summed E-state index contributed by atoms with van der Waals surface area (Å²) >= 11 is 5.83. The number of para-hydroxylation sites is 1. The smallest absolute Gasteiger partial charge is 0.170 e. The highest BCUT2D eigenvalue weighted by molar-refractivity contribution is 7.80. The highest BCUT2D eigenvalue weighted by Gasteiger charge is 2.42. The van der Waals surface area contributed by atoms with E-state index in [1.165, 1.54) is 28.2 Å². The van der Waals surface area contributed by atoms with Gasteiger partial charge in [-0.1, -0.05) is 24.3 Å². The Morgan fingerprint density at radius 3 is 2.35 bits per heavy atom. The third kappa shape index (κ3) is 3.98. The second-order valence-electron chi connectivity index (χ2n) is 8.50. The van der Waals surface area contributed by atoms with E-state index in [1.807, 2.05) is 18.3 Å². The first-order valence-corrected chi connectivity index (χ1v) is 11.2. The number of rotatable bonds is 6. The number of thiocarbonyl (C=S) groups is 1. The van der Waals surface area contributed by atoms with Crippen LogP contribution in [0.4, 0.5) is 0 Å². The molecule has 0 saturated carbocycles. The summed E-state index contributed by atoms with van der Waals surface area (Å²) in [4.78, 5) is 9.23. The maximum absolute atomic E-state index is 5.83. The van der Waals surface area contributed by atoms with Gasteiger partial charge >= 0.3 is 0 Å². The summed E-state index contributed by atoms with van der Waals surface area (Å²) in [7, 11) is 4.20. The Morgan fingerprint density at radius 1 is 1.00 bits per heavy atom. The van der Waals surface area contributed by atoms with Crippen molar-refractivity contribution in [1.29, 1.82) is 0 Å². The molecule has 162 valence electrons. The van der Waals surface area contributed by atoms with E-state index in [0.717, 1.165) is 23.9 Å². The first-order valence-electron chi connectivity index (χ1n) is 10.8. The first kappa shape index (κ1) is 21.5. The number of pyridine rings is 1. The van der Waals surface area contributed by atoms with Crippen LogP contribution in [0.15, 0.2) is 54.7 Å². The molecule has 1 aliphatic heterocycles. The van der Waals surface area contributed by atoms with Gasteiger partial charge < -0.3 is 19.7 Å². The topological polar surface area (TPSA) is 36.3 Å². The quantitative estimate of drug-likeness (QED) is 0.586. The van der Waals surface area contributed by atoms with Crippen LogP contribution in [-0.4, -0.2) is 51.6 Å². The molecule has 1 saturated heterocycles. The van der Waals surface area contributed by atoms with Crippen LogP contribution in [0.5, 0.6) is 0 Å². The van der Waals surface area contributed by atoms with Gasteiger partial charge in [-0.25, -0.2) is 0 Å². The molecule has 0 spiro atoms. The molecule has 5 nitrogen and oxygen atoms in total. The zero-order chi connectivity index (χ0) is 22.1. The van der Waals surface area contributed by atoms with Crippen molar-refractivity contribution in [2.75, 3.05) is 27.2 Å². The Kier molecular flexibility index (Phi) is 6.12. The Labute approximate surface area is 190 Å². The van der Waals surface area contributed by atoms with Crippen molar-refractivity contribution in [3.8, 4) is 5.69 Å². The maximum Gasteiger partial charge on any atom is 0.170 e. The van der Waals surface area contributed by atoms with E-state index in [4.69, 9.17) is 12.2 Å². The van der Waals surface area contributed by atoms with Gasteiger partial charge in [-0.05, 0) is 76.9 Å². The van der Waals surface area contributed by atoms with E-state index in [2.05, 4.69) is 95.9 Å². The molecule has 1 fully saturated rings. The lowest BCUT2D eigenvalue weighted by molar-refractivity contribution is 0.276. The molecule has 0 bridgehead atoms. The zero-order valence-corrected chi connectivity index (χ0v) is 19.8. The minimum Gasteiger partial charge on any atom is -0.352 e. The summed E-state index contributed by atoms with van der Waals surface area (Å²) in [5.41, 5.74) is 7.38. The van der Waals surface area contributed by atoms with E-state index >= 15 is 0 Å². The van der Waals surface area contributed by atoms with Crippen LogP contribution in [0.25, 0.3) is 5.69 Å². The Hall–Kier alpha value is -2.70. The van der Waals surface area contributed by atoms with Crippen molar-refractivity contribution in [2.45, 2.75) is 32.9 Å². The van der Waals surface area contributed by atoms with Gasteiger partial charge in [-0.15, -0.1) is 0 Å². The number of hydrogen-bond acceptors (Lipinski definition) is 3. The summed E-state index contributed by atoms with van der Waals surface area (Å²) in [5.74, 6) is 0. The highest BCUT2D eigenvalue weighted by Crippen LogP contribution is 2.43. The fourth-order valence-electron chi connectivity index (χ4n) is 4.67. The molecule has 2 aromatic heterocycles. The maximum atomic E-state index is 5.83. The molecule has 0 aliphatic carbocycles. The number of aromatic nitrogens is 2. The molecule has 31 heavy (non-hydrogen) atoms. The van der Waals surface area contributed by atoms with Crippen LogP contribution in [0, 0.1) is 20.8 Å². The summed E-state index contributed by atoms with van der Waals surface area (Å²) in [6.45, 7) is 8.46. The van der Waals surface area contributed by atoms with Gasteiger partial charge in [-0.2, -0.15) is 0 Å². The molecule has 0 unspecified atom stereocenters. The van der Waals surface area contributed by atoms with E-state index in [1.54, 1.807) is 0 Å². The van der Waals surface area contributed by atoms with Gasteiger partial charge in [0, 0.05) is 41.9 Å². The molecule has 0 radical (unpaired) electrons. The van der Waals surface area contributed by atoms with Gasteiger partial charge in [0.15, 0.2) is 5.11 Å². The monoisotopic (exact) mass is 433 g/mol. The van der Waals surface area contributed by atoms with Crippen LogP contribution in [0.2, 0.25) is 0 Å². The molecule has 6 heteroatoms. The van der Waals surface area contributed by atoms with Gasteiger partial charge in [0.1, 0.15) is 0 Å². The SMILES string of the molecule is Cc1c([C@@H]2[C@@H](c3ccccn3)NC(=S)N2CCN(C)C)c(C)n(-c2ccccc2)c1C. The van der Waals surface area contributed by atoms with Crippen LogP contribution in [-0.2, 0) is 0 Å². The summed E-state index contributed by atoms with van der Waals surface area (Å²) < 4.78 is 2.37. The van der Waals surface area contributed by atoms with Gasteiger partial charge in [-0.3, -0.25) is 4.98 Å². The predicted molar refractivity (Wildman–Crippen MR) is 131 cm³/mol. The van der Waals surface area contributed by atoms with Gasteiger partial charge in [0.05, 0.1) is 17.8 Å². The van der Waals surface area contributed by atoms with Crippen molar-refractivity contribution < 1.29 is 0 Å². The third-order valence-corrected chi connectivity index (χ3v) is 6.66.